The summed E-state index contributed by atoms with van der Waals surface area (Å²) in [6.45, 7) is 0. The first-order valence-corrected chi connectivity index (χ1v) is 1.13. The minimum atomic E-state index is 0. The summed E-state index contributed by atoms with van der Waals surface area (Å²) >= 11 is 9.03. The molecule has 0 aromatic carbocycles. The number of nitrogens with one attached hydrogen (secondary N) is 1. The summed E-state index contributed by atoms with van der Waals surface area (Å²) in [6, 6.07) is 0. The van der Waals surface area contributed by atoms with Crippen LogP contribution in [-0.2, 0) is 20.4 Å². The monoisotopic (exact) mass is 208 g/mol. The van der Waals surface area contributed by atoms with Crippen molar-refractivity contribution in [2.45, 2.75) is 0 Å². The molecule has 38 valence electrons. The van der Waals surface area contributed by atoms with Crippen LogP contribution in [0.2, 0.25) is 0 Å². The summed E-state index contributed by atoms with van der Waals surface area (Å²) in [5.74, 6) is 0. The Morgan fingerprint density at radius 2 is 1.20 bits per heavy atom. The fourth-order valence-electron chi connectivity index (χ4n) is 0. The SMILES string of the molecule is ClNCl.N.[Pd]. The first-order chi connectivity index (χ1) is 1.41. The van der Waals surface area contributed by atoms with Crippen LogP contribution in [0.5, 0.6) is 0 Å². The van der Waals surface area contributed by atoms with Crippen molar-refractivity contribution in [3.63, 3.8) is 0 Å². The van der Waals surface area contributed by atoms with Gasteiger partial charge in [-0.25, -0.2) is 0 Å². The Hall–Kier alpha value is 1.16. The Morgan fingerprint density at radius 1 is 1.20 bits per heavy atom. The van der Waals surface area contributed by atoms with Gasteiger partial charge in [0.15, 0.2) is 0 Å². The molecule has 0 unspecified atom stereocenters. The number of halogens is 2. The average molecular weight is 209 g/mol. The van der Waals surface area contributed by atoms with Crippen LogP contribution in [0.3, 0.4) is 0 Å². The van der Waals surface area contributed by atoms with Crippen LogP contribution in [0.15, 0.2) is 0 Å². The van der Waals surface area contributed by atoms with E-state index in [0.29, 0.717) is 0 Å². The van der Waals surface area contributed by atoms with E-state index >= 15 is 0 Å². The van der Waals surface area contributed by atoms with Crippen molar-refractivity contribution >= 4 is 23.6 Å². The molecule has 0 aromatic heterocycles. The van der Waals surface area contributed by atoms with Crippen molar-refractivity contribution in [1.29, 1.82) is 0 Å². The Labute approximate surface area is 54.7 Å². The van der Waals surface area contributed by atoms with Gasteiger partial charge in [0.25, 0.3) is 0 Å². The van der Waals surface area contributed by atoms with E-state index in [0.717, 1.165) is 0 Å². The van der Waals surface area contributed by atoms with Gasteiger partial charge in [0.05, 0.1) is 0 Å². The van der Waals surface area contributed by atoms with Gasteiger partial charge in [-0.05, 0) is 23.6 Å². The summed E-state index contributed by atoms with van der Waals surface area (Å²) < 4.78 is 1.69. The van der Waals surface area contributed by atoms with E-state index in [1.165, 1.54) is 0 Å². The molecular weight excluding hydrogens is 205 g/mol. The zero-order chi connectivity index (χ0) is 2.71. The smallest absolute Gasteiger partial charge is 0 e. The van der Waals surface area contributed by atoms with Crippen LogP contribution >= 0.6 is 23.6 Å². The Morgan fingerprint density at radius 3 is 1.20 bits per heavy atom. The molecular formula is H4Cl2N2Pd. The molecule has 0 aliphatic heterocycles. The van der Waals surface area contributed by atoms with Crippen LogP contribution in [-0.4, -0.2) is 0 Å². The van der Waals surface area contributed by atoms with Crippen molar-refractivity contribution in [3.8, 4) is 0 Å². The molecule has 0 spiro atoms. The molecule has 5 heteroatoms. The second-order valence-corrected chi connectivity index (χ2v) is 0.643. The minimum Gasteiger partial charge on any atom is -0.344 e. The maximum atomic E-state index is 4.51. The molecule has 0 amide bonds. The molecule has 4 N–H and O–H groups in total. The predicted molar refractivity (Wildman–Crippen MR) is 19.9 cm³/mol. The van der Waals surface area contributed by atoms with Gasteiger partial charge >= 0.3 is 0 Å². The Kier molecular flexibility index (Phi) is 62.8. The third-order valence-corrected chi connectivity index (χ3v) is 0. The van der Waals surface area contributed by atoms with Crippen molar-refractivity contribution in [2.75, 3.05) is 0 Å². The van der Waals surface area contributed by atoms with Crippen molar-refractivity contribution < 1.29 is 20.4 Å². The van der Waals surface area contributed by atoms with Crippen LogP contribution in [0, 0.1) is 0 Å². The standard InChI is InChI=1S/Cl2HN.H3N.Pd/c1-3-2;;/h3H;1H3;. The molecule has 0 bridgehead atoms. The fraction of sp³-hybridized carbons (Fsp3) is 0. The molecule has 5 heavy (non-hydrogen) atoms. The zero-order valence-corrected chi connectivity index (χ0v) is 5.35. The van der Waals surface area contributed by atoms with E-state index in [4.69, 9.17) is 0 Å². The molecule has 0 atom stereocenters. The average Bonchev–Trinajstić information content (AvgIpc) is 0.918. The maximum Gasteiger partial charge on any atom is 0 e. The van der Waals surface area contributed by atoms with Gasteiger partial charge in [-0.3, -0.25) is 0 Å². The number of hydrogen-bond acceptors (Lipinski definition) is 2. The third kappa shape index (κ3) is 38.2. The summed E-state index contributed by atoms with van der Waals surface area (Å²) in [7, 11) is 0. The Bertz CT molecular complexity index is 7.61. The van der Waals surface area contributed by atoms with Crippen LogP contribution < -0.4 is 10.5 Å². The van der Waals surface area contributed by atoms with E-state index in [1.54, 1.807) is 4.35 Å². The molecule has 0 aliphatic carbocycles. The molecule has 2 nitrogen and oxygen atoms in total. The van der Waals surface area contributed by atoms with E-state index in [-0.39, 0.29) is 26.6 Å². The summed E-state index contributed by atoms with van der Waals surface area (Å²) in [5, 5.41) is 0. The molecule has 0 aromatic rings. The molecule has 0 rings (SSSR count). The van der Waals surface area contributed by atoms with Crippen molar-refractivity contribution in [3.05, 3.63) is 0 Å². The van der Waals surface area contributed by atoms with Gasteiger partial charge in [0.1, 0.15) is 0 Å². The molecule has 0 saturated carbocycles. The number of hydrogen-bond donors (Lipinski definition) is 2. The second kappa shape index (κ2) is 19.1. The van der Waals surface area contributed by atoms with Crippen LogP contribution in [0.25, 0.3) is 0 Å². The van der Waals surface area contributed by atoms with E-state index < -0.39 is 0 Å². The van der Waals surface area contributed by atoms with Gasteiger partial charge in [0, 0.05) is 20.4 Å². The summed E-state index contributed by atoms with van der Waals surface area (Å²) in [4.78, 5) is 0. The first kappa shape index (κ1) is 16.4. The van der Waals surface area contributed by atoms with Crippen LogP contribution in [0.1, 0.15) is 0 Å². The third-order valence-electron chi connectivity index (χ3n) is 0. The largest absolute Gasteiger partial charge is 0.344 e. The molecule has 0 aliphatic rings. The quantitative estimate of drug-likeness (QED) is 0.463. The van der Waals surface area contributed by atoms with Gasteiger partial charge in [-0.2, -0.15) is 0 Å². The van der Waals surface area contributed by atoms with Gasteiger partial charge in [-0.1, -0.05) is 0 Å². The molecule has 0 fully saturated rings. The van der Waals surface area contributed by atoms with E-state index in [9.17, 15) is 0 Å². The predicted octanol–water partition coefficient (Wildman–Crippen LogP) is 1.04. The van der Waals surface area contributed by atoms with E-state index in [2.05, 4.69) is 23.6 Å². The Balaban J connectivity index is -0.0000000200. The van der Waals surface area contributed by atoms with Gasteiger partial charge in [-0.15, -0.1) is 4.35 Å². The van der Waals surface area contributed by atoms with Crippen LogP contribution in [0.4, 0.5) is 0 Å². The van der Waals surface area contributed by atoms with Crippen molar-refractivity contribution in [1.82, 2.24) is 10.5 Å². The summed E-state index contributed by atoms with van der Waals surface area (Å²) in [6.07, 6.45) is 0. The number of rotatable bonds is 0. The first-order valence-electron chi connectivity index (χ1n) is 0.378. The van der Waals surface area contributed by atoms with Crippen molar-refractivity contribution in [2.24, 2.45) is 0 Å². The fourth-order valence-corrected chi connectivity index (χ4v) is 0. The molecule has 0 saturated heterocycles. The molecule has 0 radical (unpaired) electrons. The molecule has 0 heterocycles. The van der Waals surface area contributed by atoms with Gasteiger partial charge in [0.2, 0.25) is 0 Å². The minimum absolute atomic E-state index is 0. The van der Waals surface area contributed by atoms with E-state index in [1.807, 2.05) is 0 Å². The maximum absolute atomic E-state index is 4.51. The topological polar surface area (TPSA) is 47.0 Å². The normalized spacial score (nSPS) is 3.60. The van der Waals surface area contributed by atoms with Gasteiger partial charge < -0.3 is 6.15 Å². The second-order valence-electron chi connectivity index (χ2n) is 0.0714. The summed E-state index contributed by atoms with van der Waals surface area (Å²) in [5.41, 5.74) is 0. The zero-order valence-electron chi connectivity index (χ0n) is 2.28.